The molecular weight excluding hydrogens is 312 g/mol. The number of amides is 1. The molecule has 1 fully saturated rings. The molecule has 0 saturated carbocycles. The zero-order valence-corrected chi connectivity index (χ0v) is 13.9. The van der Waals surface area contributed by atoms with Crippen molar-refractivity contribution in [2.45, 2.75) is 18.3 Å². The zero-order chi connectivity index (χ0) is 16.1. The van der Waals surface area contributed by atoms with E-state index >= 15 is 0 Å². The predicted molar refractivity (Wildman–Crippen MR) is 89.2 cm³/mol. The van der Waals surface area contributed by atoms with E-state index in [-0.39, 0.29) is 11.3 Å². The van der Waals surface area contributed by atoms with Gasteiger partial charge in [0.05, 0.1) is 12.6 Å². The molecule has 0 unspecified atom stereocenters. The van der Waals surface area contributed by atoms with E-state index in [1.54, 1.807) is 18.0 Å². The van der Waals surface area contributed by atoms with Gasteiger partial charge >= 0.3 is 0 Å². The maximum atomic E-state index is 12.2. The first-order chi connectivity index (χ1) is 11.2. The lowest BCUT2D eigenvalue weighted by atomic mass is 9.73. The Kier molecular flexibility index (Phi) is 4.93. The Labute approximate surface area is 139 Å². The molecule has 3 rings (SSSR count). The van der Waals surface area contributed by atoms with E-state index in [9.17, 15) is 4.79 Å². The minimum absolute atomic E-state index is 0.132. The summed E-state index contributed by atoms with van der Waals surface area (Å²) in [5, 5.41) is 4.80. The summed E-state index contributed by atoms with van der Waals surface area (Å²) in [4.78, 5) is 16.3. The lowest BCUT2D eigenvalue weighted by Crippen LogP contribution is -2.44. The molecule has 1 aromatic carbocycles. The molecule has 6 heteroatoms. The van der Waals surface area contributed by atoms with E-state index in [4.69, 9.17) is 9.47 Å². The Bertz CT molecular complexity index is 652. The second-order valence-electron chi connectivity index (χ2n) is 5.65. The number of hydrogen-bond acceptors (Lipinski definition) is 5. The fourth-order valence-electron chi connectivity index (χ4n) is 3.05. The molecule has 2 heterocycles. The van der Waals surface area contributed by atoms with Crippen molar-refractivity contribution in [3.63, 3.8) is 0 Å². The van der Waals surface area contributed by atoms with Crippen molar-refractivity contribution in [3.05, 3.63) is 46.4 Å². The number of ether oxygens (including phenoxy) is 2. The van der Waals surface area contributed by atoms with Gasteiger partial charge < -0.3 is 14.8 Å². The van der Waals surface area contributed by atoms with Crippen molar-refractivity contribution in [2.24, 2.45) is 0 Å². The van der Waals surface area contributed by atoms with Crippen LogP contribution in [-0.2, 0) is 10.2 Å². The van der Waals surface area contributed by atoms with Gasteiger partial charge in [0.15, 0.2) is 0 Å². The molecule has 1 aliphatic heterocycles. The number of aromatic nitrogens is 1. The number of thiazole rings is 1. The number of nitrogens with one attached hydrogen (secondary N) is 1. The lowest BCUT2D eigenvalue weighted by Gasteiger charge is -2.38. The first kappa shape index (κ1) is 16.0. The molecular formula is C17H20N2O3S. The largest absolute Gasteiger partial charge is 0.496 e. The van der Waals surface area contributed by atoms with Crippen LogP contribution < -0.4 is 10.1 Å². The van der Waals surface area contributed by atoms with E-state index < -0.39 is 0 Å². The third-order valence-corrected chi connectivity index (χ3v) is 4.97. The van der Waals surface area contributed by atoms with Crippen LogP contribution in [0.2, 0.25) is 0 Å². The Balaban J connectivity index is 1.83. The third-order valence-electron chi connectivity index (χ3n) is 4.38. The van der Waals surface area contributed by atoms with Gasteiger partial charge in [-0.25, -0.2) is 4.98 Å². The molecule has 1 aliphatic rings. The van der Waals surface area contributed by atoms with Crippen LogP contribution in [0.15, 0.2) is 35.2 Å². The van der Waals surface area contributed by atoms with Gasteiger partial charge in [0.2, 0.25) is 0 Å². The highest BCUT2D eigenvalue weighted by molar-refractivity contribution is 7.07. The Hall–Kier alpha value is -1.92. The van der Waals surface area contributed by atoms with Crippen molar-refractivity contribution in [1.82, 2.24) is 10.3 Å². The molecule has 1 aromatic heterocycles. The number of nitrogens with zero attached hydrogens (tertiary/aromatic N) is 1. The van der Waals surface area contributed by atoms with Gasteiger partial charge in [0.25, 0.3) is 5.91 Å². The highest BCUT2D eigenvalue weighted by atomic mass is 32.1. The molecule has 5 nitrogen and oxygen atoms in total. The molecule has 0 atom stereocenters. The smallest absolute Gasteiger partial charge is 0.270 e. The predicted octanol–water partition coefficient (Wildman–Crippen LogP) is 2.63. The van der Waals surface area contributed by atoms with Crippen LogP contribution in [0, 0.1) is 0 Å². The summed E-state index contributed by atoms with van der Waals surface area (Å²) in [5.74, 6) is 0.726. The highest BCUT2D eigenvalue weighted by Gasteiger charge is 2.37. The summed E-state index contributed by atoms with van der Waals surface area (Å²) >= 11 is 1.42. The molecule has 0 aliphatic carbocycles. The summed E-state index contributed by atoms with van der Waals surface area (Å²) in [6.07, 6.45) is 1.70. The van der Waals surface area contributed by atoms with Crippen molar-refractivity contribution in [2.75, 3.05) is 26.9 Å². The summed E-state index contributed by atoms with van der Waals surface area (Å²) in [6.45, 7) is 1.92. The van der Waals surface area contributed by atoms with Crippen LogP contribution >= 0.6 is 11.3 Å². The van der Waals surface area contributed by atoms with E-state index in [1.807, 2.05) is 18.2 Å². The molecule has 0 radical (unpaired) electrons. The number of rotatable bonds is 5. The maximum absolute atomic E-state index is 12.2. The number of benzene rings is 1. The van der Waals surface area contributed by atoms with Gasteiger partial charge in [-0.1, -0.05) is 18.2 Å². The average molecular weight is 332 g/mol. The number of methoxy groups -OCH3 is 1. The quantitative estimate of drug-likeness (QED) is 0.914. The number of carbonyl (C=O) groups excluding carboxylic acids is 1. The normalized spacial score (nSPS) is 16.7. The molecule has 2 aromatic rings. The van der Waals surface area contributed by atoms with Gasteiger partial charge in [-0.2, -0.15) is 0 Å². The average Bonchev–Trinajstić information content (AvgIpc) is 3.15. The van der Waals surface area contributed by atoms with Gasteiger partial charge in [-0.3, -0.25) is 4.79 Å². The zero-order valence-electron chi connectivity index (χ0n) is 13.1. The summed E-state index contributed by atoms with van der Waals surface area (Å²) in [7, 11) is 1.68. The maximum Gasteiger partial charge on any atom is 0.270 e. The van der Waals surface area contributed by atoms with Gasteiger partial charge in [0, 0.05) is 36.1 Å². The highest BCUT2D eigenvalue weighted by Crippen LogP contribution is 2.39. The molecule has 122 valence electrons. The van der Waals surface area contributed by atoms with E-state index in [2.05, 4.69) is 16.4 Å². The second kappa shape index (κ2) is 7.10. The van der Waals surface area contributed by atoms with Crippen LogP contribution in [0.3, 0.4) is 0 Å². The summed E-state index contributed by atoms with van der Waals surface area (Å²) in [6, 6.07) is 8.02. The van der Waals surface area contributed by atoms with Crippen LogP contribution in [0.5, 0.6) is 5.75 Å². The van der Waals surface area contributed by atoms with Crippen molar-refractivity contribution in [1.29, 1.82) is 0 Å². The minimum Gasteiger partial charge on any atom is -0.496 e. The molecule has 1 amide bonds. The van der Waals surface area contributed by atoms with Crippen LogP contribution in [-0.4, -0.2) is 37.8 Å². The molecule has 0 bridgehead atoms. The third kappa shape index (κ3) is 3.38. The van der Waals surface area contributed by atoms with Gasteiger partial charge in [0.1, 0.15) is 11.4 Å². The second-order valence-corrected chi connectivity index (χ2v) is 6.37. The number of hydrogen-bond donors (Lipinski definition) is 1. The monoisotopic (exact) mass is 332 g/mol. The SMILES string of the molecule is COc1ccccc1C1(CNC(=O)c2cscn2)CCOCC1. The minimum atomic E-state index is -0.170. The summed E-state index contributed by atoms with van der Waals surface area (Å²) in [5.41, 5.74) is 3.09. The van der Waals surface area contributed by atoms with E-state index in [0.29, 0.717) is 25.5 Å². The fraction of sp³-hybridized carbons (Fsp3) is 0.412. The first-order valence-corrected chi connectivity index (χ1v) is 8.57. The fourth-order valence-corrected chi connectivity index (χ4v) is 3.58. The molecule has 1 saturated heterocycles. The van der Waals surface area contributed by atoms with Gasteiger partial charge in [-0.05, 0) is 18.9 Å². The van der Waals surface area contributed by atoms with Crippen molar-refractivity contribution < 1.29 is 14.3 Å². The lowest BCUT2D eigenvalue weighted by molar-refractivity contribution is 0.0478. The topological polar surface area (TPSA) is 60.5 Å². The Morgan fingerprint density at radius 2 is 2.17 bits per heavy atom. The van der Waals surface area contributed by atoms with E-state index in [0.717, 1.165) is 24.2 Å². The number of carbonyl (C=O) groups is 1. The first-order valence-electron chi connectivity index (χ1n) is 7.63. The Morgan fingerprint density at radius 3 is 2.87 bits per heavy atom. The molecule has 0 spiro atoms. The molecule has 23 heavy (non-hydrogen) atoms. The van der Waals surface area contributed by atoms with Crippen LogP contribution in [0.4, 0.5) is 0 Å². The summed E-state index contributed by atoms with van der Waals surface area (Å²) < 4.78 is 11.1. The van der Waals surface area contributed by atoms with Crippen molar-refractivity contribution >= 4 is 17.2 Å². The van der Waals surface area contributed by atoms with Crippen LogP contribution in [0.1, 0.15) is 28.9 Å². The molecule has 1 N–H and O–H groups in total. The number of para-hydroxylation sites is 1. The van der Waals surface area contributed by atoms with Gasteiger partial charge in [-0.15, -0.1) is 11.3 Å². The van der Waals surface area contributed by atoms with Crippen LogP contribution in [0.25, 0.3) is 0 Å². The Morgan fingerprint density at radius 1 is 1.39 bits per heavy atom. The van der Waals surface area contributed by atoms with Crippen molar-refractivity contribution in [3.8, 4) is 5.75 Å². The standard InChI is InChI=1S/C17H20N2O3S/c1-21-15-5-3-2-4-13(15)17(6-8-22-9-7-17)11-18-16(20)14-10-23-12-19-14/h2-5,10,12H,6-9,11H2,1H3,(H,18,20). The van der Waals surface area contributed by atoms with E-state index in [1.165, 1.54) is 11.3 Å².